The van der Waals surface area contributed by atoms with Crippen LogP contribution in [0.4, 0.5) is 0 Å². The van der Waals surface area contributed by atoms with Crippen molar-refractivity contribution in [3.63, 3.8) is 0 Å². The van der Waals surface area contributed by atoms with Crippen LogP contribution in [0.25, 0.3) is 0 Å². The highest BCUT2D eigenvalue weighted by atomic mass is 16.7. The Kier molecular flexibility index (Phi) is 7.24. The number of aryl methyl sites for hydroxylation is 1. The van der Waals surface area contributed by atoms with E-state index in [2.05, 4.69) is 35.6 Å². The number of rotatable bonds is 8. The van der Waals surface area contributed by atoms with Crippen molar-refractivity contribution < 1.29 is 33.5 Å². The Morgan fingerprint density at radius 1 is 1.10 bits per heavy atom. The predicted molar refractivity (Wildman–Crippen MR) is 150 cm³/mol. The van der Waals surface area contributed by atoms with E-state index in [0.29, 0.717) is 48.2 Å². The SMILES string of the molecule is C=CCOc1c(C)c2c(c3c1CC1C4c5c(cc(C)c(OC)c5OCOC)C[C@@H]([C@H](C#N)N1[C@H]3CO)N4C)OCO2. The summed E-state index contributed by atoms with van der Waals surface area (Å²) in [5.41, 5.74) is 5.78. The van der Waals surface area contributed by atoms with Crippen molar-refractivity contribution in [1.82, 2.24) is 9.80 Å². The van der Waals surface area contributed by atoms with Crippen molar-refractivity contribution in [1.29, 1.82) is 5.26 Å². The highest BCUT2D eigenvalue weighted by Crippen LogP contribution is 2.58. The molecule has 5 atom stereocenters. The van der Waals surface area contributed by atoms with Crippen LogP contribution in [0.3, 0.4) is 0 Å². The number of fused-ring (bicyclic) bond motifs is 9. The summed E-state index contributed by atoms with van der Waals surface area (Å²) in [6.45, 7) is 8.11. The van der Waals surface area contributed by atoms with E-state index >= 15 is 0 Å². The van der Waals surface area contributed by atoms with Gasteiger partial charge in [0, 0.05) is 41.4 Å². The fraction of sp³-hybridized carbons (Fsp3) is 0.516. The molecule has 0 radical (unpaired) electrons. The van der Waals surface area contributed by atoms with Crippen LogP contribution in [0, 0.1) is 25.2 Å². The van der Waals surface area contributed by atoms with Crippen LogP contribution in [0.2, 0.25) is 0 Å². The minimum Gasteiger partial charge on any atom is -0.493 e. The Hall–Kier alpha value is -3.49. The lowest BCUT2D eigenvalue weighted by Gasteiger charge is -2.59. The van der Waals surface area contributed by atoms with Gasteiger partial charge in [0.05, 0.1) is 31.9 Å². The van der Waals surface area contributed by atoms with Crippen molar-refractivity contribution in [3.8, 4) is 34.8 Å². The maximum absolute atomic E-state index is 11.0. The highest BCUT2D eigenvalue weighted by Gasteiger charge is 2.56. The molecule has 4 aliphatic rings. The number of ether oxygens (including phenoxy) is 6. The minimum absolute atomic E-state index is 0.0750. The molecule has 218 valence electrons. The fourth-order valence-corrected chi connectivity index (χ4v) is 7.58. The van der Waals surface area contributed by atoms with Gasteiger partial charge in [-0.15, -0.1) is 0 Å². The second-order valence-corrected chi connectivity index (χ2v) is 11.1. The van der Waals surface area contributed by atoms with Crippen LogP contribution < -0.4 is 23.7 Å². The van der Waals surface area contributed by atoms with Gasteiger partial charge in [-0.2, -0.15) is 5.26 Å². The first-order valence-corrected chi connectivity index (χ1v) is 13.9. The van der Waals surface area contributed by atoms with Crippen molar-refractivity contribution in [2.75, 3.05) is 48.1 Å². The first-order valence-electron chi connectivity index (χ1n) is 13.9. The largest absolute Gasteiger partial charge is 0.493 e. The number of nitriles is 1. The molecule has 4 aliphatic heterocycles. The van der Waals surface area contributed by atoms with Crippen molar-refractivity contribution in [3.05, 3.63) is 52.1 Å². The van der Waals surface area contributed by atoms with E-state index in [9.17, 15) is 10.4 Å². The molecule has 0 aliphatic carbocycles. The molecule has 0 amide bonds. The summed E-state index contributed by atoms with van der Waals surface area (Å²) in [5, 5.41) is 21.6. The summed E-state index contributed by atoms with van der Waals surface area (Å²) < 4.78 is 35.6. The topological polar surface area (TPSA) is 106 Å². The molecule has 41 heavy (non-hydrogen) atoms. The molecule has 6 rings (SSSR count). The summed E-state index contributed by atoms with van der Waals surface area (Å²) >= 11 is 0. The lowest BCUT2D eigenvalue weighted by atomic mass is 9.71. The molecule has 0 saturated carbocycles. The molecule has 2 unspecified atom stereocenters. The quantitative estimate of drug-likeness (QED) is 0.380. The number of nitrogens with zero attached hydrogens (tertiary/aromatic N) is 3. The number of aliphatic hydroxyl groups excluding tert-OH is 1. The summed E-state index contributed by atoms with van der Waals surface area (Å²) in [5.74, 6) is 3.30. The molecule has 1 saturated heterocycles. The Bertz CT molecular complexity index is 1420. The molecule has 0 aromatic heterocycles. The third kappa shape index (κ3) is 3.98. The number of piperazine rings is 1. The van der Waals surface area contributed by atoms with Crippen LogP contribution in [0.15, 0.2) is 18.7 Å². The van der Waals surface area contributed by atoms with Gasteiger partial charge < -0.3 is 33.5 Å². The Morgan fingerprint density at radius 2 is 1.88 bits per heavy atom. The zero-order valence-electron chi connectivity index (χ0n) is 24.2. The van der Waals surface area contributed by atoms with Crippen LogP contribution in [0.5, 0.6) is 28.7 Å². The molecule has 1 fully saturated rings. The molecule has 2 aromatic rings. The molecule has 0 spiro atoms. The summed E-state index contributed by atoms with van der Waals surface area (Å²) in [4.78, 5) is 4.50. The van der Waals surface area contributed by atoms with Gasteiger partial charge in [0.25, 0.3) is 0 Å². The average molecular weight is 564 g/mol. The van der Waals surface area contributed by atoms with Gasteiger partial charge in [-0.05, 0) is 44.9 Å². The normalized spacial score (nSPS) is 25.9. The van der Waals surface area contributed by atoms with Crippen LogP contribution in [0.1, 0.15) is 45.5 Å². The molecule has 2 bridgehead atoms. The number of aliphatic hydroxyl groups is 1. The van der Waals surface area contributed by atoms with Gasteiger partial charge in [0.2, 0.25) is 6.79 Å². The van der Waals surface area contributed by atoms with E-state index in [4.69, 9.17) is 28.4 Å². The first kappa shape index (κ1) is 27.7. The second-order valence-electron chi connectivity index (χ2n) is 11.1. The number of hydrogen-bond acceptors (Lipinski definition) is 10. The zero-order valence-corrected chi connectivity index (χ0v) is 24.2. The lowest BCUT2D eigenvalue weighted by molar-refractivity contribution is -0.0832. The maximum atomic E-state index is 11.0. The molecule has 10 heteroatoms. The minimum atomic E-state index is -0.494. The number of likely N-dealkylation sites (N-methyl/N-ethyl adjacent to an activating group) is 1. The second kappa shape index (κ2) is 10.7. The maximum Gasteiger partial charge on any atom is 0.231 e. The molecule has 2 aromatic carbocycles. The van der Waals surface area contributed by atoms with Crippen LogP contribution in [-0.2, 0) is 17.6 Å². The van der Waals surface area contributed by atoms with Gasteiger partial charge in [-0.25, -0.2) is 0 Å². The van der Waals surface area contributed by atoms with Gasteiger partial charge in [-0.1, -0.05) is 18.7 Å². The van der Waals surface area contributed by atoms with Gasteiger partial charge >= 0.3 is 0 Å². The standard InChI is InChI=1S/C31H37N3O7/c1-7-8-38-28-17(3)29-31(41-15-40-29)25-19(28)11-21-26-24-18(9-16(2)27(37-6)30(24)39-14-36-5)10-20(33(26)4)22(12-32)34(21)23(25)13-35/h7,9,20-23,26,35H,1,8,10-11,13-15H2,2-6H3/t20-,21?,22-,23-,26?/m0/s1. The van der Waals surface area contributed by atoms with E-state index in [1.54, 1.807) is 20.3 Å². The Labute approximate surface area is 240 Å². The fourth-order valence-electron chi connectivity index (χ4n) is 7.58. The summed E-state index contributed by atoms with van der Waals surface area (Å²) in [6, 6.07) is 3.36. The van der Waals surface area contributed by atoms with E-state index in [1.807, 2.05) is 13.8 Å². The first-order chi connectivity index (χ1) is 19.9. The average Bonchev–Trinajstić information content (AvgIpc) is 3.46. The molecule has 4 heterocycles. The number of benzene rings is 2. The molecular formula is C31H37N3O7. The van der Waals surface area contributed by atoms with Gasteiger partial charge in [0.15, 0.2) is 29.8 Å². The van der Waals surface area contributed by atoms with E-state index in [-0.39, 0.29) is 38.3 Å². The van der Waals surface area contributed by atoms with Crippen LogP contribution >= 0.6 is 0 Å². The summed E-state index contributed by atoms with van der Waals surface area (Å²) in [6.07, 6.45) is 2.93. The van der Waals surface area contributed by atoms with Crippen molar-refractivity contribution >= 4 is 0 Å². The van der Waals surface area contributed by atoms with E-state index < -0.39 is 12.1 Å². The monoisotopic (exact) mass is 563 g/mol. The Morgan fingerprint density at radius 3 is 2.56 bits per heavy atom. The summed E-state index contributed by atoms with van der Waals surface area (Å²) in [7, 11) is 5.32. The Balaban J connectivity index is 1.60. The van der Waals surface area contributed by atoms with Crippen molar-refractivity contribution in [2.45, 2.75) is 56.9 Å². The van der Waals surface area contributed by atoms with E-state index in [0.717, 1.165) is 33.4 Å². The van der Waals surface area contributed by atoms with Gasteiger partial charge in [0.1, 0.15) is 18.4 Å². The van der Waals surface area contributed by atoms with Crippen molar-refractivity contribution in [2.24, 2.45) is 0 Å². The predicted octanol–water partition coefficient (Wildman–Crippen LogP) is 3.35. The molecule has 1 N–H and O–H groups in total. The third-order valence-electron chi connectivity index (χ3n) is 9.09. The molecule has 10 nitrogen and oxygen atoms in total. The van der Waals surface area contributed by atoms with Gasteiger partial charge in [-0.3, -0.25) is 9.80 Å². The smallest absolute Gasteiger partial charge is 0.231 e. The molecular weight excluding hydrogens is 526 g/mol. The number of methoxy groups -OCH3 is 2. The highest BCUT2D eigenvalue weighted by molar-refractivity contribution is 5.66. The lowest BCUT2D eigenvalue weighted by Crippen LogP contribution is -2.68. The third-order valence-corrected chi connectivity index (χ3v) is 9.09. The zero-order chi connectivity index (χ0) is 29.0. The van der Waals surface area contributed by atoms with Crippen LogP contribution in [-0.4, -0.2) is 81.1 Å². The number of hydrogen-bond donors (Lipinski definition) is 1. The van der Waals surface area contributed by atoms with E-state index in [1.165, 1.54) is 0 Å².